The zero-order valence-corrected chi connectivity index (χ0v) is 14.7. The minimum Gasteiger partial charge on any atom is -0.480 e. The number of hydrogen-bond donors (Lipinski definition) is 2. The van der Waals surface area contributed by atoms with E-state index >= 15 is 0 Å². The first-order chi connectivity index (χ1) is 10.7. The van der Waals surface area contributed by atoms with Gasteiger partial charge in [0, 0.05) is 16.0 Å². The van der Waals surface area contributed by atoms with Crippen molar-refractivity contribution in [3.8, 4) is 0 Å². The van der Waals surface area contributed by atoms with Gasteiger partial charge in [0.2, 0.25) is 10.0 Å². The van der Waals surface area contributed by atoms with Gasteiger partial charge in [-0.1, -0.05) is 23.9 Å². The highest BCUT2D eigenvalue weighted by Gasteiger charge is 2.19. The second kappa shape index (κ2) is 6.67. The summed E-state index contributed by atoms with van der Waals surface area (Å²) in [5.41, 5.74) is 1.92. The number of rotatable bonds is 6. The van der Waals surface area contributed by atoms with Crippen LogP contribution in [-0.2, 0) is 21.4 Å². The van der Waals surface area contributed by atoms with Gasteiger partial charge in [0.1, 0.15) is 6.54 Å². The number of benzene rings is 1. The molecule has 23 heavy (non-hydrogen) atoms. The maximum absolute atomic E-state index is 11.6. The van der Waals surface area contributed by atoms with Gasteiger partial charge in [-0.05, 0) is 31.4 Å². The van der Waals surface area contributed by atoms with Crippen molar-refractivity contribution < 1.29 is 18.3 Å². The highest BCUT2D eigenvalue weighted by molar-refractivity contribution is 8.02. The number of hydrogen-bond acceptors (Lipinski definition) is 4. The molecule has 0 atom stereocenters. The normalized spacial score (nSPS) is 12.1. The van der Waals surface area contributed by atoms with Gasteiger partial charge in [0.15, 0.2) is 0 Å². The van der Waals surface area contributed by atoms with Gasteiger partial charge in [0.25, 0.3) is 0 Å². The van der Waals surface area contributed by atoms with E-state index < -0.39 is 16.0 Å². The van der Waals surface area contributed by atoms with Gasteiger partial charge in [-0.3, -0.25) is 9.52 Å². The quantitative estimate of drug-likeness (QED) is 0.779. The number of carboxylic acid groups (broad SMARTS) is 1. The second-order valence-electron chi connectivity index (χ2n) is 5.06. The summed E-state index contributed by atoms with van der Waals surface area (Å²) in [6.07, 6.45) is 2.96. The fourth-order valence-electron chi connectivity index (χ4n) is 2.39. The maximum atomic E-state index is 11.6. The first kappa shape index (κ1) is 17.4. The fourth-order valence-corrected chi connectivity index (χ4v) is 3.85. The summed E-state index contributed by atoms with van der Waals surface area (Å²) >= 11 is 1.44. The van der Waals surface area contributed by atoms with E-state index in [9.17, 15) is 13.2 Å². The van der Waals surface area contributed by atoms with Gasteiger partial charge < -0.3 is 9.67 Å². The molecule has 0 spiro atoms. The molecule has 0 unspecified atom stereocenters. The molecule has 0 bridgehead atoms. The summed E-state index contributed by atoms with van der Waals surface area (Å²) in [5, 5.41) is 11.7. The topological polar surface area (TPSA) is 88.4 Å². The highest BCUT2D eigenvalue weighted by Crippen LogP contribution is 2.39. The van der Waals surface area contributed by atoms with Crippen molar-refractivity contribution in [1.29, 1.82) is 0 Å². The van der Waals surface area contributed by atoms with Crippen molar-refractivity contribution in [2.45, 2.75) is 25.3 Å². The molecular formula is C15H18N2O4S2. The second-order valence-corrected chi connectivity index (χ2v) is 7.72. The first-order valence-electron chi connectivity index (χ1n) is 6.83. The number of aliphatic carboxylic acids is 1. The molecule has 0 saturated carbocycles. The molecule has 1 aromatic carbocycles. The molecule has 2 N–H and O–H groups in total. The van der Waals surface area contributed by atoms with Crippen LogP contribution in [0.5, 0.6) is 0 Å². The van der Waals surface area contributed by atoms with Gasteiger partial charge in [0.05, 0.1) is 17.5 Å². The molecule has 0 amide bonds. The molecular weight excluding hydrogens is 336 g/mol. The van der Waals surface area contributed by atoms with Crippen LogP contribution in [0.15, 0.2) is 34.6 Å². The molecule has 6 nitrogen and oxygen atoms in total. The number of thioether (sulfide) groups is 1. The first-order valence-corrected chi connectivity index (χ1v) is 9.61. The Kier molecular flexibility index (Phi) is 5.06. The molecule has 0 fully saturated rings. The van der Waals surface area contributed by atoms with Crippen molar-refractivity contribution in [2.75, 3.05) is 11.0 Å². The van der Waals surface area contributed by atoms with Crippen LogP contribution in [0.3, 0.4) is 0 Å². The molecule has 0 aliphatic rings. The average Bonchev–Trinajstić information content (AvgIpc) is 2.69. The lowest BCUT2D eigenvalue weighted by Gasteiger charge is -2.07. The number of carboxylic acids is 1. The van der Waals surface area contributed by atoms with E-state index in [0.29, 0.717) is 16.6 Å². The van der Waals surface area contributed by atoms with E-state index in [0.717, 1.165) is 16.8 Å². The number of fused-ring (bicyclic) bond motifs is 1. The van der Waals surface area contributed by atoms with E-state index in [4.69, 9.17) is 5.11 Å². The van der Waals surface area contributed by atoms with E-state index in [1.54, 1.807) is 22.8 Å². The Bertz CT molecular complexity index is 883. The van der Waals surface area contributed by atoms with Crippen LogP contribution >= 0.6 is 11.8 Å². The minimum absolute atomic E-state index is 0.180. The lowest BCUT2D eigenvalue weighted by Crippen LogP contribution is -2.10. The SMILES string of the molecule is C/C=C/Sc1c(C)n(CC(=O)O)c2cccc(NS(C)(=O)=O)c12. The lowest BCUT2D eigenvalue weighted by atomic mass is 10.2. The standard InChI is InChI=1S/C15H18N2O4S2/c1-4-8-22-15-10(2)17(9-13(18)19)12-7-5-6-11(14(12)15)16-23(3,20)21/h4-8,16H,9H2,1-3H3,(H,18,19)/b8-4+. The monoisotopic (exact) mass is 354 g/mol. The van der Waals surface area contributed by atoms with Crippen LogP contribution < -0.4 is 4.72 Å². The summed E-state index contributed by atoms with van der Waals surface area (Å²) in [6, 6.07) is 5.17. The van der Waals surface area contributed by atoms with Crippen molar-refractivity contribution in [1.82, 2.24) is 4.57 Å². The Morgan fingerprint density at radius 3 is 2.70 bits per heavy atom. The Morgan fingerprint density at radius 2 is 2.13 bits per heavy atom. The predicted octanol–water partition coefficient (Wildman–Crippen LogP) is 3.03. The molecule has 0 radical (unpaired) electrons. The van der Waals surface area contributed by atoms with Crippen LogP contribution in [0, 0.1) is 6.92 Å². The van der Waals surface area contributed by atoms with E-state index in [2.05, 4.69) is 4.72 Å². The van der Waals surface area contributed by atoms with E-state index in [1.807, 2.05) is 25.3 Å². The van der Waals surface area contributed by atoms with Gasteiger partial charge in [-0.15, -0.1) is 0 Å². The third kappa shape index (κ3) is 3.89. The van der Waals surface area contributed by atoms with E-state index in [1.165, 1.54) is 11.8 Å². The van der Waals surface area contributed by atoms with Crippen LogP contribution in [0.2, 0.25) is 0 Å². The van der Waals surface area contributed by atoms with Gasteiger partial charge in [-0.25, -0.2) is 8.42 Å². The van der Waals surface area contributed by atoms with Crippen LogP contribution in [0.25, 0.3) is 10.9 Å². The van der Waals surface area contributed by atoms with E-state index in [-0.39, 0.29) is 6.54 Å². The molecule has 2 rings (SSSR count). The third-order valence-electron chi connectivity index (χ3n) is 3.20. The minimum atomic E-state index is -3.44. The summed E-state index contributed by atoms with van der Waals surface area (Å²) < 4.78 is 27.4. The Labute approximate surface area is 139 Å². The number of nitrogens with zero attached hydrogens (tertiary/aromatic N) is 1. The van der Waals surface area contributed by atoms with Crippen molar-refractivity contribution >= 4 is 44.3 Å². The maximum Gasteiger partial charge on any atom is 0.323 e. The number of anilines is 1. The van der Waals surface area contributed by atoms with Gasteiger partial charge in [-0.2, -0.15) is 0 Å². The lowest BCUT2D eigenvalue weighted by molar-refractivity contribution is -0.137. The zero-order valence-electron chi connectivity index (χ0n) is 13.0. The Hall–Kier alpha value is -1.93. The molecule has 2 aromatic rings. The number of nitrogens with one attached hydrogen (secondary N) is 1. The number of sulfonamides is 1. The highest BCUT2D eigenvalue weighted by atomic mass is 32.2. The van der Waals surface area contributed by atoms with Crippen molar-refractivity contribution in [3.05, 3.63) is 35.4 Å². The zero-order chi connectivity index (χ0) is 17.2. The molecule has 8 heteroatoms. The summed E-state index contributed by atoms with van der Waals surface area (Å²) in [7, 11) is -3.44. The van der Waals surface area contributed by atoms with Crippen LogP contribution in [0.1, 0.15) is 12.6 Å². The molecule has 124 valence electrons. The molecule has 1 aromatic heterocycles. The smallest absolute Gasteiger partial charge is 0.323 e. The van der Waals surface area contributed by atoms with Crippen LogP contribution in [0.4, 0.5) is 5.69 Å². The van der Waals surface area contributed by atoms with Crippen molar-refractivity contribution in [3.63, 3.8) is 0 Å². The molecule has 0 aliphatic heterocycles. The van der Waals surface area contributed by atoms with Crippen LogP contribution in [-0.4, -0.2) is 30.3 Å². The number of aromatic nitrogens is 1. The third-order valence-corrected chi connectivity index (χ3v) is 4.94. The fraction of sp³-hybridized carbons (Fsp3) is 0.267. The largest absolute Gasteiger partial charge is 0.480 e. The molecule has 1 heterocycles. The summed E-state index contributed by atoms with van der Waals surface area (Å²) in [5.74, 6) is -0.950. The predicted molar refractivity (Wildman–Crippen MR) is 93.4 cm³/mol. The Balaban J connectivity index is 2.77. The summed E-state index contributed by atoms with van der Waals surface area (Å²) in [4.78, 5) is 12.0. The molecule has 0 saturated heterocycles. The average molecular weight is 354 g/mol. The molecule has 0 aliphatic carbocycles. The number of allylic oxidation sites excluding steroid dienone is 1. The number of carbonyl (C=O) groups is 1. The van der Waals surface area contributed by atoms with Crippen molar-refractivity contribution in [2.24, 2.45) is 0 Å². The van der Waals surface area contributed by atoms with Gasteiger partial charge >= 0.3 is 5.97 Å². The summed E-state index contributed by atoms with van der Waals surface area (Å²) in [6.45, 7) is 3.54. The Morgan fingerprint density at radius 1 is 1.43 bits per heavy atom.